The number of aryl methyl sites for hydroxylation is 1. The van der Waals surface area contributed by atoms with Crippen molar-refractivity contribution in [3.8, 4) is 0 Å². The number of esters is 3. The van der Waals surface area contributed by atoms with Crippen LogP contribution >= 0.6 is 0 Å². The van der Waals surface area contributed by atoms with Crippen LogP contribution in [0.15, 0.2) is 24.4 Å². The van der Waals surface area contributed by atoms with Crippen molar-refractivity contribution in [1.82, 2.24) is 25.2 Å². The minimum absolute atomic E-state index is 0.00221. The lowest BCUT2D eigenvalue weighted by molar-refractivity contribution is -0.385. The molecule has 1 heterocycles. The van der Waals surface area contributed by atoms with E-state index in [4.69, 9.17) is 23.7 Å². The Kier molecular flexibility index (Phi) is 16.8. The van der Waals surface area contributed by atoms with E-state index in [1.165, 1.54) is 16.8 Å². The fraction of sp³-hybridized carbons (Fsp3) is 0.629. The summed E-state index contributed by atoms with van der Waals surface area (Å²) in [6.07, 6.45) is -0.163. The smallest absolute Gasteiger partial charge is 0.465 e. The number of rotatable bonds is 21. The van der Waals surface area contributed by atoms with Crippen LogP contribution in [0.1, 0.15) is 82.9 Å². The fourth-order valence-corrected chi connectivity index (χ4v) is 5.11. The molecule has 0 saturated heterocycles. The Bertz CT molecular complexity index is 1590. The van der Waals surface area contributed by atoms with E-state index >= 15 is 0 Å². The minimum Gasteiger partial charge on any atom is -0.465 e. The summed E-state index contributed by atoms with van der Waals surface area (Å²) < 4.78 is 27.3. The van der Waals surface area contributed by atoms with Crippen molar-refractivity contribution in [1.29, 1.82) is 0 Å². The van der Waals surface area contributed by atoms with E-state index in [9.17, 15) is 34.1 Å². The Morgan fingerprint density at radius 3 is 2.21 bits per heavy atom. The molecular weight excluding hydrogens is 696 g/mol. The van der Waals surface area contributed by atoms with Gasteiger partial charge in [0.2, 0.25) is 6.10 Å². The molecule has 0 spiro atoms. The quantitative estimate of drug-likeness (QED) is 0.0630. The Morgan fingerprint density at radius 2 is 1.62 bits per heavy atom. The molecule has 0 saturated carbocycles. The standard InChI is InChI=1S/C35H52N6O12/c1-10-49-30(43)28(23(2)3)53-33(46)52-21-25-13-12-24(18-27(25)41(47)48)29(42)36-19-26-20-40(38-37-26)14-11-16-50-31(44)34(4,5)22-35(6,7)32(45)51-17-15-39(8)9/h12-13,18,20,23,28H,10-11,14-17,19,21-22H2,1-9H3,(H,36,42). The molecule has 1 atom stereocenters. The van der Waals surface area contributed by atoms with Gasteiger partial charge >= 0.3 is 24.1 Å². The van der Waals surface area contributed by atoms with Gasteiger partial charge in [0, 0.05) is 37.1 Å². The van der Waals surface area contributed by atoms with Crippen molar-refractivity contribution < 1.29 is 52.6 Å². The van der Waals surface area contributed by atoms with Crippen LogP contribution in [-0.2, 0) is 57.8 Å². The van der Waals surface area contributed by atoms with Gasteiger partial charge < -0.3 is 33.9 Å². The molecule has 53 heavy (non-hydrogen) atoms. The monoisotopic (exact) mass is 748 g/mol. The first-order valence-corrected chi connectivity index (χ1v) is 17.2. The molecule has 0 aliphatic heterocycles. The molecule has 1 unspecified atom stereocenters. The van der Waals surface area contributed by atoms with Crippen molar-refractivity contribution in [3.05, 3.63) is 51.3 Å². The number of ether oxygens (including phenoxy) is 5. The predicted molar refractivity (Wildman–Crippen MR) is 188 cm³/mol. The highest BCUT2D eigenvalue weighted by atomic mass is 16.7. The van der Waals surface area contributed by atoms with Crippen molar-refractivity contribution >= 4 is 35.7 Å². The van der Waals surface area contributed by atoms with Gasteiger partial charge in [-0.3, -0.25) is 29.2 Å². The average Bonchev–Trinajstić information content (AvgIpc) is 3.53. The van der Waals surface area contributed by atoms with E-state index in [0.29, 0.717) is 25.2 Å². The first-order valence-electron chi connectivity index (χ1n) is 17.2. The molecule has 0 fully saturated rings. The molecule has 0 aliphatic rings. The lowest BCUT2D eigenvalue weighted by Crippen LogP contribution is -2.38. The van der Waals surface area contributed by atoms with E-state index in [2.05, 4.69) is 15.6 Å². The van der Waals surface area contributed by atoms with Crippen LogP contribution < -0.4 is 5.32 Å². The Morgan fingerprint density at radius 1 is 0.981 bits per heavy atom. The molecule has 18 heteroatoms. The third-order valence-corrected chi connectivity index (χ3v) is 7.78. The van der Waals surface area contributed by atoms with Gasteiger partial charge in [-0.2, -0.15) is 0 Å². The van der Waals surface area contributed by atoms with E-state index < -0.39 is 64.1 Å². The van der Waals surface area contributed by atoms with Crippen molar-refractivity contribution in [3.63, 3.8) is 0 Å². The number of hydrogen-bond acceptors (Lipinski definition) is 15. The van der Waals surface area contributed by atoms with Gasteiger partial charge in [-0.05, 0) is 67.3 Å². The maximum Gasteiger partial charge on any atom is 0.509 e. The van der Waals surface area contributed by atoms with Gasteiger partial charge in [-0.25, -0.2) is 9.59 Å². The third-order valence-electron chi connectivity index (χ3n) is 7.78. The normalized spacial score (nSPS) is 12.2. The molecule has 1 amide bonds. The van der Waals surface area contributed by atoms with Crippen LogP contribution in [-0.4, -0.2) is 101 Å². The highest BCUT2D eigenvalue weighted by Gasteiger charge is 2.41. The maximum absolute atomic E-state index is 12.8. The molecule has 18 nitrogen and oxygen atoms in total. The molecule has 1 aromatic carbocycles. The van der Waals surface area contributed by atoms with Crippen molar-refractivity contribution in [2.45, 2.75) is 87.1 Å². The summed E-state index contributed by atoms with van der Waals surface area (Å²) in [5.74, 6) is -2.59. The number of aromatic nitrogens is 3. The number of nitrogens with one attached hydrogen (secondary N) is 1. The number of nitro benzene ring substituents is 1. The summed E-state index contributed by atoms with van der Waals surface area (Å²) in [4.78, 5) is 75.5. The second-order valence-corrected chi connectivity index (χ2v) is 14.2. The summed E-state index contributed by atoms with van der Waals surface area (Å²) in [7, 11) is 3.76. The zero-order chi connectivity index (χ0) is 39.9. The average molecular weight is 749 g/mol. The molecule has 1 N–H and O–H groups in total. The zero-order valence-corrected chi connectivity index (χ0v) is 32.0. The first kappa shape index (κ1) is 44.0. The predicted octanol–water partition coefficient (Wildman–Crippen LogP) is 3.84. The number of hydrogen-bond donors (Lipinski definition) is 1. The molecule has 0 radical (unpaired) electrons. The minimum atomic E-state index is -1.21. The van der Waals surface area contributed by atoms with E-state index in [1.807, 2.05) is 19.0 Å². The molecule has 0 aliphatic carbocycles. The third kappa shape index (κ3) is 14.4. The van der Waals surface area contributed by atoms with Crippen LogP contribution in [0.5, 0.6) is 0 Å². The number of amides is 1. The van der Waals surface area contributed by atoms with Crippen LogP contribution in [0, 0.1) is 26.9 Å². The Labute approximate surface area is 308 Å². The van der Waals surface area contributed by atoms with Crippen LogP contribution in [0.3, 0.4) is 0 Å². The number of benzene rings is 1. The second-order valence-electron chi connectivity index (χ2n) is 14.2. The van der Waals surface area contributed by atoms with E-state index in [-0.39, 0.29) is 49.9 Å². The van der Waals surface area contributed by atoms with Gasteiger partial charge in [-0.15, -0.1) is 5.10 Å². The van der Waals surface area contributed by atoms with Crippen LogP contribution in [0.2, 0.25) is 0 Å². The SMILES string of the molecule is CCOC(=O)C(OC(=O)OCc1ccc(C(=O)NCc2cn(CCCOC(=O)C(C)(C)CC(C)(C)C(=O)OCCN(C)C)nn2)cc1[N+](=O)[O-])C(C)C. The molecule has 294 valence electrons. The number of nitrogens with zero attached hydrogens (tertiary/aromatic N) is 5. The number of carbonyl (C=O) groups excluding carboxylic acids is 5. The zero-order valence-electron chi connectivity index (χ0n) is 32.0. The summed E-state index contributed by atoms with van der Waals surface area (Å²) >= 11 is 0. The molecule has 2 rings (SSSR count). The molecule has 1 aromatic heterocycles. The summed E-state index contributed by atoms with van der Waals surface area (Å²) in [5, 5.41) is 22.4. The van der Waals surface area contributed by atoms with Crippen molar-refractivity contribution in [2.24, 2.45) is 16.7 Å². The largest absolute Gasteiger partial charge is 0.509 e. The van der Waals surface area contributed by atoms with Gasteiger partial charge in [0.1, 0.15) is 18.9 Å². The van der Waals surface area contributed by atoms with Gasteiger partial charge in [-0.1, -0.05) is 19.1 Å². The van der Waals surface area contributed by atoms with Gasteiger partial charge in [0.05, 0.1) is 47.3 Å². The van der Waals surface area contributed by atoms with E-state index in [1.54, 1.807) is 54.7 Å². The maximum atomic E-state index is 12.8. The topological polar surface area (TPSA) is 221 Å². The molecule has 2 aromatic rings. The highest BCUT2D eigenvalue weighted by molar-refractivity contribution is 5.95. The van der Waals surface area contributed by atoms with E-state index in [0.717, 1.165) is 6.07 Å². The van der Waals surface area contributed by atoms with Crippen LogP contribution in [0.25, 0.3) is 0 Å². The Balaban J connectivity index is 1.86. The fourth-order valence-electron chi connectivity index (χ4n) is 5.11. The lowest BCUT2D eigenvalue weighted by atomic mass is 9.75. The highest BCUT2D eigenvalue weighted by Crippen LogP contribution is 2.35. The number of likely N-dealkylation sites (N-methyl/N-ethyl adjacent to an activating group) is 1. The molecule has 0 bridgehead atoms. The summed E-state index contributed by atoms with van der Waals surface area (Å²) in [5.41, 5.74) is -1.90. The number of nitro groups is 1. The number of carbonyl (C=O) groups is 5. The first-order chi connectivity index (χ1) is 24.8. The Hall–Kier alpha value is -5.13. The second kappa shape index (κ2) is 20.2. The lowest BCUT2D eigenvalue weighted by Gasteiger charge is -2.31. The summed E-state index contributed by atoms with van der Waals surface area (Å²) in [6.45, 7) is 12.7. The van der Waals surface area contributed by atoms with Crippen molar-refractivity contribution in [2.75, 3.05) is 40.5 Å². The van der Waals surface area contributed by atoms with Gasteiger partial charge in [0.25, 0.3) is 11.6 Å². The summed E-state index contributed by atoms with van der Waals surface area (Å²) in [6, 6.07) is 3.66. The van der Waals surface area contributed by atoms with Gasteiger partial charge in [0.15, 0.2) is 0 Å². The molecular formula is C35H52N6O12. The van der Waals surface area contributed by atoms with Crippen LogP contribution in [0.4, 0.5) is 10.5 Å².